The third-order valence-electron chi connectivity index (χ3n) is 2.70. The normalized spacial score (nSPS) is 12.1. The van der Waals surface area contributed by atoms with E-state index in [4.69, 9.17) is 0 Å². The van der Waals surface area contributed by atoms with Crippen LogP contribution >= 0.6 is 39.9 Å². The van der Waals surface area contributed by atoms with Crippen LogP contribution in [0, 0.1) is 0 Å². The van der Waals surface area contributed by atoms with Crippen LogP contribution in [0.1, 0.15) is 33.4 Å². The van der Waals surface area contributed by atoms with Gasteiger partial charge in [0.05, 0.1) is 12.2 Å². The van der Waals surface area contributed by atoms with Gasteiger partial charge >= 0.3 is 0 Å². The van der Waals surface area contributed by atoms with Crippen molar-refractivity contribution in [2.75, 3.05) is 6.54 Å². The molecule has 0 bridgehead atoms. The average Bonchev–Trinajstić information content (AvgIpc) is 2.76. The van der Waals surface area contributed by atoms with Gasteiger partial charge in [0.15, 0.2) is 5.96 Å². The fourth-order valence-electron chi connectivity index (χ4n) is 1.92. The molecule has 0 atom stereocenters. The summed E-state index contributed by atoms with van der Waals surface area (Å²) in [5.74, 6) is 0.809. The zero-order chi connectivity index (χ0) is 15.5. The Hall–Kier alpha value is -0.830. The molecule has 2 aromatic heterocycles. The topological polar surface area (TPSA) is 53.7 Å². The Morgan fingerprint density at radius 1 is 1.32 bits per heavy atom. The lowest BCUT2D eigenvalue weighted by molar-refractivity contribution is 0.501. The number of nitrogens with zero attached hydrogens (tertiary/aromatic N) is 3. The Morgan fingerprint density at radius 2 is 2.05 bits per heavy atom. The van der Waals surface area contributed by atoms with E-state index in [2.05, 4.69) is 64.2 Å². The van der Waals surface area contributed by atoms with E-state index in [0.29, 0.717) is 6.54 Å². The van der Waals surface area contributed by atoms with Gasteiger partial charge in [0.1, 0.15) is 5.65 Å². The van der Waals surface area contributed by atoms with Crippen LogP contribution < -0.4 is 10.6 Å². The summed E-state index contributed by atoms with van der Waals surface area (Å²) in [6, 6.07) is 3.97. The highest BCUT2D eigenvalue weighted by Crippen LogP contribution is 2.13. The fraction of sp³-hybridized carbons (Fsp3) is 0.467. The number of rotatable bonds is 3. The minimum absolute atomic E-state index is 0. The standard InChI is InChI=1S/C15H22BrN5.HI/c1-5-17-14(20-15(2,3)4)18-8-12-10-21-9-11(16)6-7-13(21)19-12;/h6-7,9-10H,5,8H2,1-4H3,(H2,17,18,20);1H. The SMILES string of the molecule is CCNC(=NCc1cn2cc(Br)ccc2n1)NC(C)(C)C.I. The van der Waals surface area contributed by atoms with Crippen molar-refractivity contribution in [1.82, 2.24) is 20.0 Å². The second-order valence-corrected chi connectivity index (χ2v) is 6.83. The quantitative estimate of drug-likeness (QED) is 0.402. The molecule has 2 aromatic rings. The van der Waals surface area contributed by atoms with Crippen molar-refractivity contribution < 1.29 is 0 Å². The lowest BCUT2D eigenvalue weighted by Crippen LogP contribution is -2.47. The minimum Gasteiger partial charge on any atom is -0.357 e. The third kappa shape index (κ3) is 5.75. The van der Waals surface area contributed by atoms with Crippen LogP contribution in [0.15, 0.2) is 34.0 Å². The monoisotopic (exact) mass is 479 g/mol. The first kappa shape index (κ1) is 19.2. The Balaban J connectivity index is 0.00000242. The first-order chi connectivity index (χ1) is 9.87. The molecule has 22 heavy (non-hydrogen) atoms. The summed E-state index contributed by atoms with van der Waals surface area (Å²) in [5.41, 5.74) is 1.85. The molecular formula is C15H23BrIN5. The molecule has 0 saturated heterocycles. The number of guanidine groups is 1. The van der Waals surface area contributed by atoms with Gasteiger partial charge < -0.3 is 15.0 Å². The number of aliphatic imine (C=N–C) groups is 1. The Kier molecular flexibility index (Phi) is 7.11. The number of fused-ring (bicyclic) bond motifs is 1. The number of halogens is 2. The molecule has 2 rings (SSSR count). The van der Waals surface area contributed by atoms with E-state index < -0.39 is 0 Å². The summed E-state index contributed by atoms with van der Waals surface area (Å²) >= 11 is 3.46. The number of aromatic nitrogens is 2. The van der Waals surface area contributed by atoms with Gasteiger partial charge in [0, 0.05) is 29.0 Å². The van der Waals surface area contributed by atoms with Crippen LogP contribution in [0.25, 0.3) is 5.65 Å². The maximum atomic E-state index is 4.59. The van der Waals surface area contributed by atoms with Gasteiger partial charge in [-0.3, -0.25) is 0 Å². The van der Waals surface area contributed by atoms with Crippen molar-refractivity contribution in [2.45, 2.75) is 39.8 Å². The molecule has 0 fully saturated rings. The van der Waals surface area contributed by atoms with E-state index in [-0.39, 0.29) is 29.5 Å². The van der Waals surface area contributed by atoms with Gasteiger partial charge in [-0.1, -0.05) is 0 Å². The van der Waals surface area contributed by atoms with E-state index in [9.17, 15) is 0 Å². The molecule has 0 radical (unpaired) electrons. The van der Waals surface area contributed by atoms with E-state index in [0.717, 1.165) is 28.3 Å². The lowest BCUT2D eigenvalue weighted by Gasteiger charge is -2.23. The highest BCUT2D eigenvalue weighted by atomic mass is 127. The zero-order valence-corrected chi connectivity index (χ0v) is 17.3. The maximum absolute atomic E-state index is 4.59. The van der Waals surface area contributed by atoms with Gasteiger partial charge in [-0.15, -0.1) is 24.0 Å². The van der Waals surface area contributed by atoms with Crippen molar-refractivity contribution in [3.8, 4) is 0 Å². The van der Waals surface area contributed by atoms with Crippen molar-refractivity contribution in [3.05, 3.63) is 34.7 Å². The zero-order valence-electron chi connectivity index (χ0n) is 13.4. The summed E-state index contributed by atoms with van der Waals surface area (Å²) in [6.45, 7) is 9.78. The molecular weight excluding hydrogens is 457 g/mol. The second kappa shape index (κ2) is 8.14. The number of hydrogen-bond acceptors (Lipinski definition) is 2. The molecule has 5 nitrogen and oxygen atoms in total. The summed E-state index contributed by atoms with van der Waals surface area (Å²) in [4.78, 5) is 9.16. The van der Waals surface area contributed by atoms with E-state index in [1.807, 2.05) is 28.9 Å². The van der Waals surface area contributed by atoms with Crippen molar-refractivity contribution in [2.24, 2.45) is 4.99 Å². The first-order valence-electron chi connectivity index (χ1n) is 7.07. The summed E-state index contributed by atoms with van der Waals surface area (Å²) in [6.07, 6.45) is 4.00. The first-order valence-corrected chi connectivity index (χ1v) is 7.86. The molecule has 0 aromatic carbocycles. The van der Waals surface area contributed by atoms with Gasteiger partial charge in [-0.25, -0.2) is 9.98 Å². The predicted octanol–water partition coefficient (Wildman–Crippen LogP) is 3.57. The molecule has 0 aliphatic rings. The van der Waals surface area contributed by atoms with E-state index >= 15 is 0 Å². The molecule has 0 spiro atoms. The Bertz CT molecular complexity index is 645. The van der Waals surface area contributed by atoms with Crippen LogP contribution in [0.4, 0.5) is 0 Å². The maximum Gasteiger partial charge on any atom is 0.192 e. The van der Waals surface area contributed by atoms with Crippen molar-refractivity contribution in [3.63, 3.8) is 0 Å². The van der Waals surface area contributed by atoms with Crippen molar-refractivity contribution >= 4 is 51.5 Å². The largest absolute Gasteiger partial charge is 0.357 e. The van der Waals surface area contributed by atoms with Gasteiger partial charge in [0.2, 0.25) is 0 Å². The molecule has 2 N–H and O–H groups in total. The number of pyridine rings is 1. The molecule has 2 heterocycles. The molecule has 0 amide bonds. The van der Waals surface area contributed by atoms with Gasteiger partial charge in [-0.2, -0.15) is 0 Å². The van der Waals surface area contributed by atoms with Crippen LogP contribution in [-0.4, -0.2) is 27.4 Å². The average molecular weight is 480 g/mol. The highest BCUT2D eigenvalue weighted by Gasteiger charge is 2.11. The smallest absolute Gasteiger partial charge is 0.192 e. The molecule has 0 unspecified atom stereocenters. The lowest BCUT2D eigenvalue weighted by atomic mass is 10.1. The number of hydrogen-bond donors (Lipinski definition) is 2. The predicted molar refractivity (Wildman–Crippen MR) is 106 cm³/mol. The molecule has 122 valence electrons. The fourth-order valence-corrected chi connectivity index (χ4v) is 2.27. The Labute approximate surface area is 157 Å². The van der Waals surface area contributed by atoms with Crippen LogP contribution in [0.2, 0.25) is 0 Å². The van der Waals surface area contributed by atoms with Crippen LogP contribution in [-0.2, 0) is 6.54 Å². The third-order valence-corrected chi connectivity index (χ3v) is 3.17. The highest BCUT2D eigenvalue weighted by molar-refractivity contribution is 14.0. The molecule has 7 heteroatoms. The molecule has 0 aliphatic heterocycles. The number of imidazole rings is 1. The van der Waals surface area contributed by atoms with E-state index in [1.54, 1.807) is 0 Å². The van der Waals surface area contributed by atoms with Gasteiger partial charge in [0.25, 0.3) is 0 Å². The summed E-state index contributed by atoms with van der Waals surface area (Å²) < 4.78 is 3.03. The summed E-state index contributed by atoms with van der Waals surface area (Å²) in [7, 11) is 0. The van der Waals surface area contributed by atoms with Crippen molar-refractivity contribution in [1.29, 1.82) is 0 Å². The van der Waals surface area contributed by atoms with E-state index in [1.165, 1.54) is 0 Å². The van der Waals surface area contributed by atoms with Crippen LogP contribution in [0.5, 0.6) is 0 Å². The van der Waals surface area contributed by atoms with Crippen LogP contribution in [0.3, 0.4) is 0 Å². The second-order valence-electron chi connectivity index (χ2n) is 5.92. The summed E-state index contributed by atoms with van der Waals surface area (Å²) in [5, 5.41) is 6.62. The number of nitrogens with one attached hydrogen (secondary N) is 2. The van der Waals surface area contributed by atoms with Gasteiger partial charge in [-0.05, 0) is 55.8 Å². The molecule has 0 saturated carbocycles. The molecule has 0 aliphatic carbocycles. The minimum atomic E-state index is -0.0230. The Morgan fingerprint density at radius 3 is 2.68 bits per heavy atom.